The van der Waals surface area contributed by atoms with Gasteiger partial charge in [0.25, 0.3) is 0 Å². The van der Waals surface area contributed by atoms with Gasteiger partial charge in [-0.3, -0.25) is 0 Å². The summed E-state index contributed by atoms with van der Waals surface area (Å²) < 4.78 is 0. The Kier molecular flexibility index (Phi) is 5.61. The molecule has 0 fully saturated rings. The molecule has 0 saturated heterocycles. The van der Waals surface area contributed by atoms with E-state index in [9.17, 15) is 0 Å². The van der Waals surface area contributed by atoms with Crippen LogP contribution in [0.15, 0.2) is 103 Å². The van der Waals surface area contributed by atoms with Gasteiger partial charge >= 0.3 is 0 Å². The normalized spacial score (nSPS) is 12.1. The van der Waals surface area contributed by atoms with Gasteiger partial charge in [-0.2, -0.15) is 0 Å². The van der Waals surface area contributed by atoms with Gasteiger partial charge in [-0.15, -0.1) is 0 Å². The number of nitrogens with one attached hydrogen (secondary N) is 1. The van der Waals surface area contributed by atoms with Crippen molar-refractivity contribution >= 4 is 10.8 Å². The molecule has 1 nitrogen and oxygen atoms in total. The van der Waals surface area contributed by atoms with E-state index < -0.39 is 0 Å². The Labute approximate surface area is 161 Å². The summed E-state index contributed by atoms with van der Waals surface area (Å²) in [5.74, 6) is 0. The fourth-order valence-corrected chi connectivity index (χ4v) is 3.81. The van der Waals surface area contributed by atoms with Gasteiger partial charge in [0.15, 0.2) is 0 Å². The van der Waals surface area contributed by atoms with Crippen molar-refractivity contribution < 1.29 is 4.90 Å². The van der Waals surface area contributed by atoms with E-state index in [1.165, 1.54) is 27.5 Å². The summed E-state index contributed by atoms with van der Waals surface area (Å²) in [6.45, 7) is 3.22. The van der Waals surface area contributed by atoms with E-state index >= 15 is 0 Å². The molecule has 0 aromatic heterocycles. The summed E-state index contributed by atoms with van der Waals surface area (Å²) in [5, 5.41) is 2.71. The summed E-state index contributed by atoms with van der Waals surface area (Å²) in [4.78, 5) is 1.60. The molecule has 4 rings (SSSR count). The lowest BCUT2D eigenvalue weighted by Crippen LogP contribution is -3.09. The maximum absolute atomic E-state index is 2.29. The van der Waals surface area contributed by atoms with Gasteiger partial charge in [-0.1, -0.05) is 103 Å². The lowest BCUT2D eigenvalue weighted by atomic mass is 10.0. The van der Waals surface area contributed by atoms with Crippen molar-refractivity contribution in [3.8, 4) is 0 Å². The number of hydrogen-bond donors (Lipinski definition) is 1. The van der Waals surface area contributed by atoms with Crippen LogP contribution in [0.2, 0.25) is 0 Å². The Bertz CT molecular complexity index is 971. The van der Waals surface area contributed by atoms with Crippen molar-refractivity contribution in [1.29, 1.82) is 0 Å². The molecule has 1 unspecified atom stereocenters. The average molecular weight is 353 g/mol. The summed E-state index contributed by atoms with van der Waals surface area (Å²) in [6.07, 6.45) is 1.10. The molecule has 0 amide bonds. The summed E-state index contributed by atoms with van der Waals surface area (Å²) in [6, 6.07) is 37.1. The third-order valence-corrected chi connectivity index (χ3v) is 5.23. The minimum absolute atomic E-state index is 1.04. The molecule has 0 radical (unpaired) electrons. The lowest BCUT2D eigenvalue weighted by Gasteiger charge is -2.21. The first-order valence-electron chi connectivity index (χ1n) is 9.76. The van der Waals surface area contributed by atoms with Crippen LogP contribution in [0.1, 0.15) is 16.7 Å². The van der Waals surface area contributed by atoms with Crippen molar-refractivity contribution in [3.63, 3.8) is 0 Å². The summed E-state index contributed by atoms with van der Waals surface area (Å²) in [7, 11) is 0. The fraction of sp³-hybridized carbons (Fsp3) is 0.154. The smallest absolute Gasteiger partial charge is 0.104 e. The SMILES string of the molecule is c1ccc(CC[NH+](Cc2ccccc2)Cc2cccc3ccccc23)cc1. The van der Waals surface area contributed by atoms with Crippen LogP contribution in [0.25, 0.3) is 10.8 Å². The third kappa shape index (κ3) is 4.64. The lowest BCUT2D eigenvalue weighted by molar-refractivity contribution is -0.927. The van der Waals surface area contributed by atoms with E-state index in [4.69, 9.17) is 0 Å². The van der Waals surface area contributed by atoms with Crippen LogP contribution in [-0.2, 0) is 19.5 Å². The first-order chi connectivity index (χ1) is 13.4. The predicted molar refractivity (Wildman–Crippen MR) is 114 cm³/mol. The van der Waals surface area contributed by atoms with Crippen molar-refractivity contribution in [3.05, 3.63) is 120 Å². The number of fused-ring (bicyclic) bond motifs is 1. The molecule has 0 saturated carbocycles. The Hall–Kier alpha value is -2.90. The van der Waals surface area contributed by atoms with Crippen molar-refractivity contribution in [2.45, 2.75) is 19.5 Å². The first-order valence-corrected chi connectivity index (χ1v) is 9.76. The van der Waals surface area contributed by atoms with Gasteiger partial charge < -0.3 is 4.90 Å². The quantitative estimate of drug-likeness (QED) is 0.493. The van der Waals surface area contributed by atoms with Crippen LogP contribution >= 0.6 is 0 Å². The molecule has 1 heteroatoms. The molecule has 27 heavy (non-hydrogen) atoms. The second-order valence-corrected chi connectivity index (χ2v) is 7.21. The zero-order chi connectivity index (χ0) is 18.3. The topological polar surface area (TPSA) is 4.44 Å². The zero-order valence-electron chi connectivity index (χ0n) is 15.6. The van der Waals surface area contributed by atoms with E-state index in [1.807, 2.05) is 0 Å². The molecule has 0 spiro atoms. The molecule has 4 aromatic carbocycles. The molecule has 4 aromatic rings. The van der Waals surface area contributed by atoms with Crippen LogP contribution in [-0.4, -0.2) is 6.54 Å². The highest BCUT2D eigenvalue weighted by Crippen LogP contribution is 2.17. The number of rotatable bonds is 7. The maximum Gasteiger partial charge on any atom is 0.104 e. The van der Waals surface area contributed by atoms with Crippen molar-refractivity contribution in [2.75, 3.05) is 6.54 Å². The molecule has 1 atom stereocenters. The van der Waals surface area contributed by atoms with E-state index in [-0.39, 0.29) is 0 Å². The second kappa shape index (κ2) is 8.66. The second-order valence-electron chi connectivity index (χ2n) is 7.21. The van der Waals surface area contributed by atoms with Crippen LogP contribution in [0.5, 0.6) is 0 Å². The predicted octanol–water partition coefficient (Wildman–Crippen LogP) is 4.67. The van der Waals surface area contributed by atoms with Crippen molar-refractivity contribution in [1.82, 2.24) is 0 Å². The van der Waals surface area contributed by atoms with Crippen LogP contribution in [0.4, 0.5) is 0 Å². The van der Waals surface area contributed by atoms with Crippen LogP contribution in [0, 0.1) is 0 Å². The van der Waals surface area contributed by atoms with Gasteiger partial charge in [0.1, 0.15) is 13.1 Å². The summed E-state index contributed by atoms with van der Waals surface area (Å²) in [5.41, 5.74) is 4.26. The monoisotopic (exact) mass is 352 g/mol. The molecular weight excluding hydrogens is 326 g/mol. The molecule has 0 aliphatic carbocycles. The zero-order valence-corrected chi connectivity index (χ0v) is 15.6. The summed E-state index contributed by atoms with van der Waals surface area (Å²) >= 11 is 0. The van der Waals surface area contributed by atoms with Gasteiger partial charge in [0.2, 0.25) is 0 Å². The van der Waals surface area contributed by atoms with Gasteiger partial charge in [0, 0.05) is 17.5 Å². The largest absolute Gasteiger partial charge is 0.327 e. The molecule has 134 valence electrons. The van der Waals surface area contributed by atoms with E-state index in [1.54, 1.807) is 4.90 Å². The minimum Gasteiger partial charge on any atom is -0.327 e. The maximum atomic E-state index is 2.29. The Morgan fingerprint density at radius 2 is 1.15 bits per heavy atom. The van der Waals surface area contributed by atoms with E-state index in [2.05, 4.69) is 103 Å². The van der Waals surface area contributed by atoms with Crippen molar-refractivity contribution in [2.24, 2.45) is 0 Å². The minimum atomic E-state index is 1.04. The van der Waals surface area contributed by atoms with Gasteiger partial charge in [-0.25, -0.2) is 0 Å². The molecular formula is C26H26N+. The Morgan fingerprint density at radius 3 is 1.93 bits per heavy atom. The number of hydrogen-bond acceptors (Lipinski definition) is 0. The molecule has 0 aliphatic rings. The highest BCUT2D eigenvalue weighted by atomic mass is 15.1. The number of benzene rings is 4. The van der Waals surface area contributed by atoms with Crippen LogP contribution < -0.4 is 4.90 Å². The Morgan fingerprint density at radius 1 is 0.519 bits per heavy atom. The highest BCUT2D eigenvalue weighted by molar-refractivity contribution is 5.85. The molecule has 0 bridgehead atoms. The Balaban J connectivity index is 1.56. The van der Waals surface area contributed by atoms with E-state index in [0.717, 1.165) is 26.1 Å². The highest BCUT2D eigenvalue weighted by Gasteiger charge is 2.13. The van der Waals surface area contributed by atoms with Gasteiger partial charge in [0.05, 0.1) is 6.54 Å². The molecule has 0 heterocycles. The first kappa shape index (κ1) is 17.5. The average Bonchev–Trinajstić information content (AvgIpc) is 2.74. The van der Waals surface area contributed by atoms with E-state index in [0.29, 0.717) is 0 Å². The third-order valence-electron chi connectivity index (χ3n) is 5.23. The molecule has 1 N–H and O–H groups in total. The van der Waals surface area contributed by atoms with Gasteiger partial charge in [-0.05, 0) is 16.3 Å². The fourth-order valence-electron chi connectivity index (χ4n) is 3.81. The molecule has 0 aliphatic heterocycles. The van der Waals surface area contributed by atoms with Crippen LogP contribution in [0.3, 0.4) is 0 Å². The standard InChI is InChI=1S/C26H25N/c1-3-10-22(11-4-1)18-19-27(20-23-12-5-2-6-13-23)21-25-16-9-15-24-14-7-8-17-26(24)25/h1-17H,18-21H2/p+1. The number of quaternary nitrogens is 1.